The molecular weight excluding hydrogens is 391 g/mol. The molecule has 2 heterocycles. The number of hydrogen-bond acceptors (Lipinski definition) is 3. The summed E-state index contributed by atoms with van der Waals surface area (Å²) >= 11 is 0. The molecule has 5 heteroatoms. The predicted octanol–water partition coefficient (Wildman–Crippen LogP) is 4.09. The molecular formula is C26H27FN2O2. The third-order valence-corrected chi connectivity index (χ3v) is 6.90. The van der Waals surface area contributed by atoms with Gasteiger partial charge >= 0.3 is 0 Å². The molecule has 1 aliphatic heterocycles. The lowest BCUT2D eigenvalue weighted by molar-refractivity contribution is 0.0289. The molecule has 160 valence electrons. The Morgan fingerprint density at radius 1 is 1.00 bits per heavy atom. The van der Waals surface area contributed by atoms with E-state index in [-0.39, 0.29) is 17.6 Å². The van der Waals surface area contributed by atoms with Crippen LogP contribution in [0.15, 0.2) is 60.7 Å². The third kappa shape index (κ3) is 4.08. The van der Waals surface area contributed by atoms with Crippen LogP contribution in [-0.4, -0.2) is 46.0 Å². The minimum absolute atomic E-state index is 0.0776. The maximum absolute atomic E-state index is 13.2. The maximum Gasteiger partial charge on any atom is 0.209 e. The highest BCUT2D eigenvalue weighted by Crippen LogP contribution is 2.32. The molecule has 2 atom stereocenters. The van der Waals surface area contributed by atoms with Crippen LogP contribution in [0, 0.1) is 5.82 Å². The van der Waals surface area contributed by atoms with Crippen LogP contribution < -0.4 is 0 Å². The average Bonchev–Trinajstić information content (AvgIpc) is 3.22. The molecule has 31 heavy (non-hydrogen) atoms. The number of aliphatic hydroxyl groups excluding tert-OH is 1. The second kappa shape index (κ2) is 8.40. The number of fused-ring (bicyclic) bond motifs is 1. The third-order valence-electron chi connectivity index (χ3n) is 6.90. The molecule has 0 spiro atoms. The molecule has 0 saturated carbocycles. The lowest BCUT2D eigenvalue weighted by Gasteiger charge is -2.41. The van der Waals surface area contributed by atoms with E-state index in [0.29, 0.717) is 23.6 Å². The van der Waals surface area contributed by atoms with Gasteiger partial charge in [0.15, 0.2) is 0 Å². The molecule has 0 unspecified atom stereocenters. The number of nitrogens with one attached hydrogen (secondary N) is 1. The first kappa shape index (κ1) is 20.2. The summed E-state index contributed by atoms with van der Waals surface area (Å²) in [7, 11) is 0. The van der Waals surface area contributed by atoms with Gasteiger partial charge in [0.1, 0.15) is 5.82 Å². The van der Waals surface area contributed by atoms with Crippen LogP contribution >= 0.6 is 0 Å². The van der Waals surface area contributed by atoms with Crippen molar-refractivity contribution in [2.75, 3.05) is 13.1 Å². The zero-order valence-electron chi connectivity index (χ0n) is 17.4. The number of ketones is 1. The Balaban J connectivity index is 1.27. The largest absolute Gasteiger partial charge is 0.391 e. The van der Waals surface area contributed by atoms with Crippen molar-refractivity contribution in [3.8, 4) is 0 Å². The van der Waals surface area contributed by atoms with E-state index in [9.17, 15) is 14.3 Å². The van der Waals surface area contributed by atoms with E-state index in [1.807, 2.05) is 6.07 Å². The number of H-pyrrole nitrogens is 1. The fourth-order valence-electron chi connectivity index (χ4n) is 5.15. The topological polar surface area (TPSA) is 56.3 Å². The molecule has 3 aromatic rings. The van der Waals surface area contributed by atoms with Gasteiger partial charge in [-0.2, -0.15) is 0 Å². The summed E-state index contributed by atoms with van der Waals surface area (Å²) in [5, 5.41) is 10.9. The first-order chi connectivity index (χ1) is 15.1. The Morgan fingerprint density at radius 3 is 2.42 bits per heavy atom. The van der Waals surface area contributed by atoms with Gasteiger partial charge in [-0.05, 0) is 79.7 Å². The van der Waals surface area contributed by atoms with Gasteiger partial charge in [0.25, 0.3) is 0 Å². The summed E-state index contributed by atoms with van der Waals surface area (Å²) in [6.45, 7) is 1.95. The first-order valence-corrected chi connectivity index (χ1v) is 11.1. The summed E-state index contributed by atoms with van der Waals surface area (Å²) < 4.78 is 13.2. The lowest BCUT2D eigenvalue weighted by Crippen LogP contribution is -2.50. The molecule has 2 aromatic carbocycles. The number of nitrogens with zero attached hydrogens (tertiary/aromatic N) is 1. The van der Waals surface area contributed by atoms with Crippen molar-refractivity contribution in [1.82, 2.24) is 9.88 Å². The van der Waals surface area contributed by atoms with E-state index in [4.69, 9.17) is 0 Å². The fourth-order valence-corrected chi connectivity index (χ4v) is 5.15. The zero-order chi connectivity index (χ0) is 21.4. The molecule has 0 radical (unpaired) electrons. The molecule has 4 nitrogen and oxygen atoms in total. The van der Waals surface area contributed by atoms with Crippen molar-refractivity contribution in [3.05, 3.63) is 94.6 Å². The lowest BCUT2D eigenvalue weighted by atomic mass is 9.85. The number of likely N-dealkylation sites (tertiary alicyclic amines) is 1. The molecule has 1 saturated heterocycles. The number of aliphatic hydroxyl groups is 1. The van der Waals surface area contributed by atoms with Gasteiger partial charge in [0.2, 0.25) is 5.78 Å². The number of halogens is 1. The average molecular weight is 419 g/mol. The summed E-state index contributed by atoms with van der Waals surface area (Å²) in [5.41, 5.74) is 4.41. The van der Waals surface area contributed by atoms with E-state index >= 15 is 0 Å². The molecule has 1 aromatic heterocycles. The molecule has 0 bridgehead atoms. The van der Waals surface area contributed by atoms with Crippen molar-refractivity contribution in [2.24, 2.45) is 0 Å². The molecule has 2 N–H and O–H groups in total. The number of carbonyl (C=O) groups is 1. The summed E-state index contributed by atoms with van der Waals surface area (Å²) in [4.78, 5) is 18.4. The van der Waals surface area contributed by atoms with E-state index in [2.05, 4.69) is 40.2 Å². The predicted molar refractivity (Wildman–Crippen MR) is 118 cm³/mol. The number of aromatic amines is 1. The zero-order valence-corrected chi connectivity index (χ0v) is 17.4. The molecule has 1 fully saturated rings. The Kier molecular flexibility index (Phi) is 5.47. The van der Waals surface area contributed by atoms with Gasteiger partial charge < -0.3 is 10.1 Å². The van der Waals surface area contributed by atoms with E-state index in [1.54, 1.807) is 0 Å². The Morgan fingerprint density at radius 2 is 1.71 bits per heavy atom. The number of piperidine rings is 1. The van der Waals surface area contributed by atoms with Gasteiger partial charge in [0.05, 0.1) is 11.8 Å². The van der Waals surface area contributed by atoms with Crippen molar-refractivity contribution < 1.29 is 14.3 Å². The number of carbonyl (C=O) groups excluding carboxylic acids is 1. The van der Waals surface area contributed by atoms with Crippen molar-refractivity contribution in [1.29, 1.82) is 0 Å². The highest BCUT2D eigenvalue weighted by atomic mass is 19.1. The highest BCUT2D eigenvalue weighted by Gasteiger charge is 2.35. The van der Waals surface area contributed by atoms with Gasteiger partial charge in [-0.15, -0.1) is 0 Å². The van der Waals surface area contributed by atoms with Crippen molar-refractivity contribution in [3.63, 3.8) is 0 Å². The standard InChI is InChI=1S/C26H27FN2O2/c27-21-8-6-19(7-9-21)26(31)23-14-20-15-24(25(30)16-22(20)28-23)29-12-10-18(11-13-29)17-4-2-1-3-5-17/h1-9,14,18,24-25,28,30H,10-13,15-16H2/t24-,25-/m1/s1. The fraction of sp³-hybridized carbons (Fsp3) is 0.346. The van der Waals surface area contributed by atoms with E-state index in [0.717, 1.165) is 43.6 Å². The number of rotatable bonds is 4. The van der Waals surface area contributed by atoms with E-state index in [1.165, 1.54) is 29.8 Å². The van der Waals surface area contributed by atoms with Crippen LogP contribution in [0.3, 0.4) is 0 Å². The van der Waals surface area contributed by atoms with Gasteiger partial charge in [0, 0.05) is 23.7 Å². The van der Waals surface area contributed by atoms with Gasteiger partial charge in [-0.1, -0.05) is 30.3 Å². The normalized spacial score (nSPS) is 22.3. The molecule has 1 aliphatic carbocycles. The van der Waals surface area contributed by atoms with E-state index < -0.39 is 6.10 Å². The van der Waals surface area contributed by atoms with Crippen molar-refractivity contribution in [2.45, 2.75) is 43.7 Å². The highest BCUT2D eigenvalue weighted by molar-refractivity contribution is 6.08. The van der Waals surface area contributed by atoms with Crippen LogP contribution in [0.5, 0.6) is 0 Å². The molecule has 0 amide bonds. The number of benzene rings is 2. The second-order valence-corrected chi connectivity index (χ2v) is 8.79. The molecule has 2 aliphatic rings. The van der Waals surface area contributed by atoms with Crippen LogP contribution in [-0.2, 0) is 12.8 Å². The number of hydrogen-bond donors (Lipinski definition) is 2. The first-order valence-electron chi connectivity index (χ1n) is 11.1. The van der Waals surface area contributed by atoms with Crippen LogP contribution in [0.2, 0.25) is 0 Å². The minimum atomic E-state index is -0.451. The summed E-state index contributed by atoms with van der Waals surface area (Å²) in [5.74, 6) is 0.0781. The monoisotopic (exact) mass is 418 g/mol. The van der Waals surface area contributed by atoms with Gasteiger partial charge in [-0.3, -0.25) is 9.69 Å². The molecule has 5 rings (SSSR count). The van der Waals surface area contributed by atoms with Crippen LogP contribution in [0.1, 0.15) is 51.6 Å². The van der Waals surface area contributed by atoms with Gasteiger partial charge in [-0.25, -0.2) is 4.39 Å². The van der Waals surface area contributed by atoms with Crippen LogP contribution in [0.25, 0.3) is 0 Å². The number of aromatic nitrogens is 1. The summed E-state index contributed by atoms with van der Waals surface area (Å²) in [6.07, 6.45) is 3.01. The second-order valence-electron chi connectivity index (χ2n) is 8.79. The minimum Gasteiger partial charge on any atom is -0.391 e. The Bertz CT molecular complexity index is 1050. The summed E-state index contributed by atoms with van der Waals surface area (Å²) in [6, 6.07) is 18.3. The smallest absolute Gasteiger partial charge is 0.209 e. The van der Waals surface area contributed by atoms with Crippen molar-refractivity contribution >= 4 is 5.78 Å². The SMILES string of the molecule is O=C(c1ccc(F)cc1)c1cc2c([nH]1)C[C@@H](O)[C@H](N1CCC(c3ccccc3)CC1)C2. The maximum atomic E-state index is 13.2. The Labute approximate surface area is 181 Å². The Hall–Kier alpha value is -2.76. The van der Waals surface area contributed by atoms with Crippen LogP contribution in [0.4, 0.5) is 4.39 Å². The quantitative estimate of drug-likeness (QED) is 0.628.